The molecule has 0 saturated heterocycles. The number of hydrogen-bond acceptors (Lipinski definition) is 5. The normalized spacial score (nSPS) is 11.1. The van der Waals surface area contributed by atoms with Crippen molar-refractivity contribution in [2.75, 3.05) is 19.4 Å². The molecule has 3 aromatic carbocycles. The third-order valence-electron chi connectivity index (χ3n) is 4.80. The molecule has 0 spiro atoms. The van der Waals surface area contributed by atoms with Crippen LogP contribution in [0.4, 0.5) is 5.69 Å². The van der Waals surface area contributed by atoms with E-state index in [4.69, 9.17) is 21.6 Å². The van der Waals surface area contributed by atoms with E-state index in [0.717, 1.165) is 11.1 Å². The lowest BCUT2D eigenvalue weighted by Crippen LogP contribution is -2.26. The second-order valence-corrected chi connectivity index (χ2v) is 6.95. The standard InChI is InChI=1S/C23H24N6O3/c1-27-23(28-2)29-16-7-3-13(4-8-16)22(31)32-19-10-6-14-11-15(21(25)26)5-9-17(14)18(19)12-20(24)30/h3-11H,12H2,1-2H3,(H2,24,30)(H3,25,26)(H2,27,28,29). The Kier molecular flexibility index (Phi) is 6.69. The summed E-state index contributed by atoms with van der Waals surface area (Å²) in [6.45, 7) is 0. The van der Waals surface area contributed by atoms with Crippen molar-refractivity contribution in [3.63, 3.8) is 0 Å². The quantitative estimate of drug-likeness (QED) is 0.174. The van der Waals surface area contributed by atoms with Crippen LogP contribution in [0, 0.1) is 5.41 Å². The van der Waals surface area contributed by atoms with Crippen molar-refractivity contribution in [1.29, 1.82) is 5.41 Å². The van der Waals surface area contributed by atoms with Crippen LogP contribution in [0.3, 0.4) is 0 Å². The van der Waals surface area contributed by atoms with Gasteiger partial charge in [0.2, 0.25) is 5.91 Å². The molecule has 0 bridgehead atoms. The maximum atomic E-state index is 12.7. The summed E-state index contributed by atoms with van der Waals surface area (Å²) >= 11 is 0. The summed E-state index contributed by atoms with van der Waals surface area (Å²) in [4.78, 5) is 28.4. The first-order valence-corrected chi connectivity index (χ1v) is 9.74. The van der Waals surface area contributed by atoms with E-state index in [2.05, 4.69) is 15.6 Å². The number of fused-ring (bicyclic) bond motifs is 1. The van der Waals surface area contributed by atoms with Gasteiger partial charge in [0.1, 0.15) is 11.6 Å². The average molecular weight is 432 g/mol. The molecule has 0 unspecified atom stereocenters. The minimum atomic E-state index is -0.569. The molecule has 164 valence electrons. The Morgan fingerprint density at radius 2 is 1.72 bits per heavy atom. The number of benzene rings is 3. The maximum absolute atomic E-state index is 12.7. The molecular weight excluding hydrogens is 408 g/mol. The number of hydrogen-bond donors (Lipinski definition) is 5. The van der Waals surface area contributed by atoms with E-state index in [-0.39, 0.29) is 18.0 Å². The number of anilines is 1. The molecule has 3 aromatic rings. The van der Waals surface area contributed by atoms with E-state index in [9.17, 15) is 9.59 Å². The van der Waals surface area contributed by atoms with Crippen molar-refractivity contribution < 1.29 is 14.3 Å². The topological polar surface area (TPSA) is 156 Å². The molecular formula is C23H24N6O3. The average Bonchev–Trinajstić information content (AvgIpc) is 2.78. The molecule has 0 aromatic heterocycles. The van der Waals surface area contributed by atoms with Crippen LogP contribution >= 0.6 is 0 Å². The molecule has 0 aliphatic rings. The zero-order chi connectivity index (χ0) is 23.3. The smallest absolute Gasteiger partial charge is 0.343 e. The number of nitrogens with two attached hydrogens (primary N) is 2. The predicted octanol–water partition coefficient (Wildman–Crippen LogP) is 1.99. The fraction of sp³-hybridized carbons (Fsp3) is 0.130. The lowest BCUT2D eigenvalue weighted by molar-refractivity contribution is -0.117. The maximum Gasteiger partial charge on any atom is 0.343 e. The number of nitrogens with zero attached hydrogens (tertiary/aromatic N) is 1. The molecule has 0 radical (unpaired) electrons. The third-order valence-corrected chi connectivity index (χ3v) is 4.80. The van der Waals surface area contributed by atoms with Gasteiger partial charge in [0.05, 0.1) is 12.0 Å². The fourth-order valence-corrected chi connectivity index (χ4v) is 3.21. The molecule has 9 nitrogen and oxygen atoms in total. The Balaban J connectivity index is 1.90. The Morgan fingerprint density at radius 1 is 1.03 bits per heavy atom. The molecule has 0 heterocycles. The van der Waals surface area contributed by atoms with Crippen LogP contribution in [0.5, 0.6) is 5.75 Å². The van der Waals surface area contributed by atoms with Crippen LogP contribution in [-0.4, -0.2) is 37.8 Å². The van der Waals surface area contributed by atoms with Crippen molar-refractivity contribution in [1.82, 2.24) is 5.32 Å². The number of primary amides is 1. The fourth-order valence-electron chi connectivity index (χ4n) is 3.21. The second-order valence-electron chi connectivity index (χ2n) is 6.95. The van der Waals surface area contributed by atoms with E-state index in [1.54, 1.807) is 68.7 Å². The van der Waals surface area contributed by atoms with Crippen molar-refractivity contribution >= 4 is 40.1 Å². The number of amidine groups is 1. The van der Waals surface area contributed by atoms with Crippen LogP contribution in [0.15, 0.2) is 59.6 Å². The summed E-state index contributed by atoms with van der Waals surface area (Å²) in [5, 5.41) is 15.0. The van der Waals surface area contributed by atoms with Gasteiger partial charge in [-0.2, -0.15) is 0 Å². The molecule has 0 saturated carbocycles. The summed E-state index contributed by atoms with van der Waals surface area (Å²) in [5.41, 5.74) is 13.1. The summed E-state index contributed by atoms with van der Waals surface area (Å²) in [6, 6.07) is 15.2. The largest absolute Gasteiger partial charge is 0.423 e. The molecule has 1 amide bonds. The van der Waals surface area contributed by atoms with Gasteiger partial charge in [0.25, 0.3) is 0 Å². The van der Waals surface area contributed by atoms with Crippen molar-refractivity contribution in [2.24, 2.45) is 16.5 Å². The van der Waals surface area contributed by atoms with Crippen LogP contribution in [0.2, 0.25) is 0 Å². The van der Waals surface area contributed by atoms with E-state index < -0.39 is 11.9 Å². The number of ether oxygens (including phenoxy) is 1. The number of amides is 1. The summed E-state index contributed by atoms with van der Waals surface area (Å²) in [6.07, 6.45) is -0.106. The van der Waals surface area contributed by atoms with Gasteiger partial charge in [-0.15, -0.1) is 0 Å². The molecule has 0 aliphatic carbocycles. The molecule has 32 heavy (non-hydrogen) atoms. The number of nitrogens with one attached hydrogen (secondary N) is 3. The third kappa shape index (κ3) is 5.01. The van der Waals surface area contributed by atoms with Crippen LogP contribution < -0.4 is 26.8 Å². The van der Waals surface area contributed by atoms with Gasteiger partial charge in [0.15, 0.2) is 5.96 Å². The molecule has 3 rings (SSSR count). The Morgan fingerprint density at radius 3 is 2.31 bits per heavy atom. The minimum Gasteiger partial charge on any atom is -0.423 e. The number of esters is 1. The van der Waals surface area contributed by atoms with E-state index in [0.29, 0.717) is 28.0 Å². The summed E-state index contributed by atoms with van der Waals surface area (Å²) < 4.78 is 5.61. The number of nitrogen functional groups attached to an aromatic ring is 1. The minimum absolute atomic E-state index is 0.0659. The van der Waals surface area contributed by atoms with Crippen molar-refractivity contribution in [2.45, 2.75) is 6.42 Å². The highest BCUT2D eigenvalue weighted by Crippen LogP contribution is 2.30. The molecule has 9 heteroatoms. The molecule has 7 N–H and O–H groups in total. The van der Waals surface area contributed by atoms with Crippen LogP contribution in [0.1, 0.15) is 21.5 Å². The zero-order valence-corrected chi connectivity index (χ0v) is 17.7. The second kappa shape index (κ2) is 9.61. The van der Waals surface area contributed by atoms with Gasteiger partial charge in [-0.3, -0.25) is 15.2 Å². The number of rotatable bonds is 6. The van der Waals surface area contributed by atoms with Gasteiger partial charge in [-0.1, -0.05) is 18.2 Å². The van der Waals surface area contributed by atoms with Crippen molar-refractivity contribution in [3.05, 3.63) is 71.3 Å². The highest BCUT2D eigenvalue weighted by Gasteiger charge is 2.16. The summed E-state index contributed by atoms with van der Waals surface area (Å²) in [5.74, 6) is -0.363. The van der Waals surface area contributed by atoms with Crippen molar-refractivity contribution in [3.8, 4) is 5.75 Å². The molecule has 0 atom stereocenters. The van der Waals surface area contributed by atoms with E-state index in [1.165, 1.54) is 0 Å². The van der Waals surface area contributed by atoms with E-state index in [1.807, 2.05) is 0 Å². The van der Waals surface area contributed by atoms with Gasteiger partial charge in [-0.05, 0) is 47.2 Å². The van der Waals surface area contributed by atoms with Gasteiger partial charge in [-0.25, -0.2) is 4.79 Å². The first-order chi connectivity index (χ1) is 15.3. The Bertz CT molecular complexity index is 1220. The molecule has 0 aliphatic heterocycles. The Hall–Kier alpha value is -4.40. The monoisotopic (exact) mass is 432 g/mol. The zero-order valence-electron chi connectivity index (χ0n) is 17.7. The van der Waals surface area contributed by atoms with E-state index >= 15 is 0 Å². The van der Waals surface area contributed by atoms with Gasteiger partial charge >= 0.3 is 5.97 Å². The predicted molar refractivity (Wildman–Crippen MR) is 125 cm³/mol. The highest BCUT2D eigenvalue weighted by atomic mass is 16.5. The summed E-state index contributed by atoms with van der Waals surface area (Å²) in [7, 11) is 3.40. The number of carbonyl (C=O) groups excluding carboxylic acids is 2. The first-order valence-electron chi connectivity index (χ1n) is 9.74. The number of guanidine groups is 1. The lowest BCUT2D eigenvalue weighted by atomic mass is 9.98. The van der Waals surface area contributed by atoms with Crippen LogP contribution in [0.25, 0.3) is 10.8 Å². The Labute approximate surface area is 185 Å². The van der Waals surface area contributed by atoms with Crippen LogP contribution in [-0.2, 0) is 11.2 Å². The molecule has 0 fully saturated rings. The highest BCUT2D eigenvalue weighted by molar-refractivity contribution is 6.01. The first kappa shape index (κ1) is 22.3. The number of aliphatic imine (C=N–C) groups is 1. The van der Waals surface area contributed by atoms with Gasteiger partial charge < -0.3 is 26.8 Å². The lowest BCUT2D eigenvalue weighted by Gasteiger charge is -2.13. The SMILES string of the molecule is CN=C(NC)Nc1ccc(C(=O)Oc2ccc3cc(C(=N)N)ccc3c2CC(N)=O)cc1. The van der Waals surface area contributed by atoms with Gasteiger partial charge in [0, 0.05) is 30.9 Å². The number of carbonyl (C=O) groups is 2.